The van der Waals surface area contributed by atoms with Gasteiger partial charge in [-0.1, -0.05) is 5.21 Å². The number of carbonyl (C=O) groups excluding carboxylic acids is 1. The summed E-state index contributed by atoms with van der Waals surface area (Å²) >= 11 is 0. The van der Waals surface area contributed by atoms with Crippen molar-refractivity contribution in [2.75, 3.05) is 12.3 Å². The van der Waals surface area contributed by atoms with Gasteiger partial charge >= 0.3 is 5.97 Å². The van der Waals surface area contributed by atoms with E-state index in [-0.39, 0.29) is 25.6 Å². The molecule has 0 atom stereocenters. The van der Waals surface area contributed by atoms with Crippen molar-refractivity contribution in [3.05, 3.63) is 36.2 Å². The second-order valence-electron chi connectivity index (χ2n) is 4.21. The van der Waals surface area contributed by atoms with Crippen LogP contribution in [-0.4, -0.2) is 27.6 Å². The van der Waals surface area contributed by atoms with Gasteiger partial charge in [0.15, 0.2) is 0 Å². The number of anilines is 1. The second-order valence-corrected chi connectivity index (χ2v) is 4.21. The van der Waals surface area contributed by atoms with Gasteiger partial charge in [-0.25, -0.2) is 0 Å². The van der Waals surface area contributed by atoms with Gasteiger partial charge in [0.1, 0.15) is 18.1 Å². The summed E-state index contributed by atoms with van der Waals surface area (Å²) in [5, 5.41) is 7.56. The molecule has 0 amide bonds. The van der Waals surface area contributed by atoms with Crippen LogP contribution in [0, 0.1) is 0 Å². The Morgan fingerprint density at radius 2 is 2.10 bits per heavy atom. The minimum atomic E-state index is -0.342. The molecular formula is C13H16N4O3. The smallest absolute Gasteiger partial charge is 0.309 e. The third-order valence-corrected chi connectivity index (χ3v) is 2.49. The predicted octanol–water partition coefficient (Wildman–Crippen LogP) is 0.910. The quantitative estimate of drug-likeness (QED) is 0.622. The first-order chi connectivity index (χ1) is 9.63. The van der Waals surface area contributed by atoms with Crippen LogP contribution in [0.3, 0.4) is 0 Å². The first kappa shape index (κ1) is 13.9. The van der Waals surface area contributed by atoms with Gasteiger partial charge in [-0.2, -0.15) is 0 Å². The summed E-state index contributed by atoms with van der Waals surface area (Å²) in [6.45, 7) is 0.373. The van der Waals surface area contributed by atoms with Crippen molar-refractivity contribution in [3.63, 3.8) is 0 Å². The minimum Gasteiger partial charge on any atom is -0.493 e. The zero-order chi connectivity index (χ0) is 14.4. The molecule has 1 aromatic carbocycles. The van der Waals surface area contributed by atoms with E-state index in [9.17, 15) is 4.79 Å². The van der Waals surface area contributed by atoms with Crippen LogP contribution in [-0.2, 0) is 23.2 Å². The lowest BCUT2D eigenvalue weighted by Crippen LogP contribution is -2.10. The van der Waals surface area contributed by atoms with Crippen molar-refractivity contribution < 1.29 is 14.3 Å². The Bertz CT molecular complexity index is 565. The van der Waals surface area contributed by atoms with Gasteiger partial charge in [0.05, 0.1) is 19.2 Å². The van der Waals surface area contributed by atoms with Crippen LogP contribution < -0.4 is 10.5 Å². The highest BCUT2D eigenvalue weighted by molar-refractivity contribution is 5.69. The normalized spacial score (nSPS) is 10.2. The largest absolute Gasteiger partial charge is 0.493 e. The van der Waals surface area contributed by atoms with E-state index in [2.05, 4.69) is 10.3 Å². The number of aryl methyl sites for hydroxylation is 1. The Labute approximate surface area is 116 Å². The summed E-state index contributed by atoms with van der Waals surface area (Å²) in [4.78, 5) is 11.5. The van der Waals surface area contributed by atoms with E-state index in [1.165, 1.54) is 0 Å². The molecule has 0 unspecified atom stereocenters. The fourth-order valence-corrected chi connectivity index (χ4v) is 1.50. The Morgan fingerprint density at radius 3 is 2.75 bits per heavy atom. The maximum absolute atomic E-state index is 11.5. The summed E-state index contributed by atoms with van der Waals surface area (Å²) in [6, 6.07) is 6.98. The van der Waals surface area contributed by atoms with E-state index in [4.69, 9.17) is 15.2 Å². The summed E-state index contributed by atoms with van der Waals surface area (Å²) < 4.78 is 12.0. The number of carbonyl (C=O) groups is 1. The molecule has 0 aliphatic carbocycles. The van der Waals surface area contributed by atoms with Crippen LogP contribution in [0.15, 0.2) is 30.5 Å². The van der Waals surface area contributed by atoms with E-state index in [0.29, 0.717) is 17.1 Å². The number of hydrogen-bond donors (Lipinski definition) is 1. The van der Waals surface area contributed by atoms with Crippen molar-refractivity contribution in [2.24, 2.45) is 7.05 Å². The zero-order valence-electron chi connectivity index (χ0n) is 11.2. The summed E-state index contributed by atoms with van der Waals surface area (Å²) in [5.74, 6) is 0.326. The number of ether oxygens (including phenoxy) is 2. The fraction of sp³-hybridized carbons (Fsp3) is 0.308. The number of hydrogen-bond acceptors (Lipinski definition) is 6. The molecule has 106 valence electrons. The lowest BCUT2D eigenvalue weighted by atomic mass is 10.3. The molecule has 0 saturated heterocycles. The molecule has 7 heteroatoms. The molecule has 0 spiro atoms. The van der Waals surface area contributed by atoms with Crippen molar-refractivity contribution in [1.29, 1.82) is 0 Å². The van der Waals surface area contributed by atoms with Gasteiger partial charge < -0.3 is 15.2 Å². The average Bonchev–Trinajstić information content (AvgIpc) is 2.85. The van der Waals surface area contributed by atoms with Gasteiger partial charge in [-0.3, -0.25) is 9.48 Å². The molecular weight excluding hydrogens is 260 g/mol. The first-order valence-corrected chi connectivity index (χ1v) is 6.12. The van der Waals surface area contributed by atoms with Crippen LogP contribution in [0.1, 0.15) is 12.1 Å². The second kappa shape index (κ2) is 6.55. The summed E-state index contributed by atoms with van der Waals surface area (Å²) in [5.41, 5.74) is 6.84. The molecule has 2 rings (SSSR count). The van der Waals surface area contributed by atoms with E-state index in [1.807, 2.05) is 0 Å². The Morgan fingerprint density at radius 1 is 1.35 bits per heavy atom. The van der Waals surface area contributed by atoms with Crippen molar-refractivity contribution >= 4 is 11.7 Å². The monoisotopic (exact) mass is 276 g/mol. The molecule has 0 radical (unpaired) electrons. The van der Waals surface area contributed by atoms with Gasteiger partial charge in [0.2, 0.25) is 0 Å². The van der Waals surface area contributed by atoms with Gasteiger partial charge in [0, 0.05) is 12.7 Å². The van der Waals surface area contributed by atoms with Crippen molar-refractivity contribution in [1.82, 2.24) is 15.0 Å². The van der Waals surface area contributed by atoms with E-state index in [1.54, 1.807) is 42.2 Å². The number of nitrogens with zero attached hydrogens (tertiary/aromatic N) is 3. The molecule has 2 aromatic rings. The maximum Gasteiger partial charge on any atom is 0.309 e. The highest BCUT2D eigenvalue weighted by atomic mass is 16.5. The molecule has 1 aromatic heterocycles. The van der Waals surface area contributed by atoms with E-state index >= 15 is 0 Å². The van der Waals surface area contributed by atoms with Crippen molar-refractivity contribution in [3.8, 4) is 5.75 Å². The SMILES string of the molecule is Cn1cc(COC(=O)CCOc2ccc(N)cc2)nn1. The Kier molecular flexibility index (Phi) is 4.54. The van der Waals surface area contributed by atoms with Crippen LogP contribution in [0.2, 0.25) is 0 Å². The molecule has 0 saturated carbocycles. The molecule has 0 aliphatic rings. The van der Waals surface area contributed by atoms with Crippen molar-refractivity contribution in [2.45, 2.75) is 13.0 Å². The van der Waals surface area contributed by atoms with Crippen LogP contribution in [0.25, 0.3) is 0 Å². The first-order valence-electron chi connectivity index (χ1n) is 6.12. The minimum absolute atomic E-state index is 0.120. The fourth-order valence-electron chi connectivity index (χ4n) is 1.50. The van der Waals surface area contributed by atoms with Crippen LogP contribution >= 0.6 is 0 Å². The highest BCUT2D eigenvalue weighted by Crippen LogP contribution is 2.13. The van der Waals surface area contributed by atoms with E-state index < -0.39 is 0 Å². The summed E-state index contributed by atoms with van der Waals surface area (Å²) in [7, 11) is 1.75. The standard InChI is InChI=1S/C13H16N4O3/c1-17-8-11(15-16-17)9-20-13(18)6-7-19-12-4-2-10(14)3-5-12/h2-5,8H,6-7,9,14H2,1H3. The topological polar surface area (TPSA) is 92.3 Å². The molecule has 0 bridgehead atoms. The molecule has 0 fully saturated rings. The van der Waals surface area contributed by atoms with Gasteiger partial charge in [-0.05, 0) is 24.3 Å². The highest BCUT2D eigenvalue weighted by Gasteiger charge is 2.06. The third kappa shape index (κ3) is 4.27. The average molecular weight is 276 g/mol. The lowest BCUT2D eigenvalue weighted by molar-refractivity contribution is -0.145. The Hall–Kier alpha value is -2.57. The zero-order valence-corrected chi connectivity index (χ0v) is 11.2. The molecule has 20 heavy (non-hydrogen) atoms. The molecule has 1 heterocycles. The number of esters is 1. The van der Waals surface area contributed by atoms with Gasteiger partial charge in [0.25, 0.3) is 0 Å². The molecule has 7 nitrogen and oxygen atoms in total. The van der Waals surface area contributed by atoms with E-state index in [0.717, 1.165) is 0 Å². The number of benzene rings is 1. The number of nitrogen functional groups attached to an aromatic ring is 1. The Balaban J connectivity index is 1.66. The third-order valence-electron chi connectivity index (χ3n) is 2.49. The molecule has 0 aliphatic heterocycles. The lowest BCUT2D eigenvalue weighted by Gasteiger charge is -2.06. The predicted molar refractivity (Wildman–Crippen MR) is 71.8 cm³/mol. The molecule has 2 N–H and O–H groups in total. The van der Waals surface area contributed by atoms with Crippen LogP contribution in [0.5, 0.6) is 5.75 Å². The number of rotatable bonds is 6. The van der Waals surface area contributed by atoms with Crippen LogP contribution in [0.4, 0.5) is 5.69 Å². The number of aromatic nitrogens is 3. The van der Waals surface area contributed by atoms with Gasteiger partial charge in [-0.15, -0.1) is 5.10 Å². The maximum atomic E-state index is 11.5. The summed E-state index contributed by atoms with van der Waals surface area (Å²) in [6.07, 6.45) is 1.86. The number of nitrogens with two attached hydrogens (primary N) is 1.